The highest BCUT2D eigenvalue weighted by Gasteiger charge is 2.27. The molecule has 146 valence electrons. The van der Waals surface area contributed by atoms with E-state index in [0.717, 1.165) is 12.8 Å². The number of aliphatic hydroxyl groups excluding tert-OH is 1. The van der Waals surface area contributed by atoms with Gasteiger partial charge in [0.15, 0.2) is 11.5 Å². The number of aliphatic hydroxyl groups is 1. The van der Waals surface area contributed by atoms with Gasteiger partial charge in [-0.05, 0) is 31.0 Å². The first kappa shape index (κ1) is 18.2. The quantitative estimate of drug-likeness (QED) is 0.539. The molecule has 4 rings (SSSR count). The molecule has 2 aromatic heterocycles. The van der Waals surface area contributed by atoms with E-state index in [2.05, 4.69) is 26.5 Å². The fourth-order valence-electron chi connectivity index (χ4n) is 3.04. The van der Waals surface area contributed by atoms with Gasteiger partial charge >= 0.3 is 6.61 Å². The molecule has 1 aliphatic carbocycles. The van der Waals surface area contributed by atoms with Crippen LogP contribution in [0.5, 0.6) is 11.5 Å². The number of hydrogen-bond acceptors (Lipinski definition) is 5. The van der Waals surface area contributed by atoms with Crippen LogP contribution in [0, 0.1) is 0 Å². The Hall–Kier alpha value is -3.20. The predicted octanol–water partition coefficient (Wildman–Crippen LogP) is 3.28. The molecule has 3 N–H and O–H groups in total. The average molecular weight is 389 g/mol. The number of rotatable bonds is 7. The summed E-state index contributed by atoms with van der Waals surface area (Å²) in [6, 6.07) is 4.46. The van der Waals surface area contributed by atoms with E-state index in [1.54, 1.807) is 12.1 Å². The molecule has 0 aliphatic heterocycles. The van der Waals surface area contributed by atoms with Crippen molar-refractivity contribution in [2.24, 2.45) is 0 Å². The second-order valence-electron chi connectivity index (χ2n) is 6.44. The van der Waals surface area contributed by atoms with Crippen LogP contribution in [-0.4, -0.2) is 33.0 Å². The molecule has 28 heavy (non-hydrogen) atoms. The molecule has 0 spiro atoms. The highest BCUT2D eigenvalue weighted by Crippen LogP contribution is 2.40. The Kier molecular flexibility index (Phi) is 4.60. The first-order valence-electron chi connectivity index (χ1n) is 8.63. The summed E-state index contributed by atoms with van der Waals surface area (Å²) in [7, 11) is 0. The number of H-pyrrole nitrogens is 2. The lowest BCUT2D eigenvalue weighted by molar-refractivity contribution is -0.0516. The van der Waals surface area contributed by atoms with Crippen molar-refractivity contribution < 1.29 is 23.4 Å². The van der Waals surface area contributed by atoms with Crippen molar-refractivity contribution in [3.8, 4) is 22.8 Å². The van der Waals surface area contributed by atoms with Crippen LogP contribution in [0.4, 0.5) is 8.78 Å². The Morgan fingerprint density at radius 2 is 2.11 bits per heavy atom. The molecular weight excluding hydrogens is 372 g/mol. The van der Waals surface area contributed by atoms with E-state index in [0.29, 0.717) is 22.3 Å². The summed E-state index contributed by atoms with van der Waals surface area (Å²) in [6.45, 7) is 0.597. The average Bonchev–Trinajstić information content (AvgIpc) is 3.39. The highest BCUT2D eigenvalue weighted by atomic mass is 19.3. The molecule has 0 saturated heterocycles. The van der Waals surface area contributed by atoms with Crippen LogP contribution in [0.1, 0.15) is 24.5 Å². The molecule has 0 radical (unpaired) electrons. The maximum absolute atomic E-state index is 12.7. The molecule has 3 aromatic rings. The van der Waals surface area contributed by atoms with Gasteiger partial charge in [0.25, 0.3) is 5.56 Å². The summed E-state index contributed by atoms with van der Waals surface area (Å²) in [6.07, 6.45) is 3.23. The number of halogens is 2. The van der Waals surface area contributed by atoms with Gasteiger partial charge in [-0.15, -0.1) is 6.58 Å². The first-order valence-corrected chi connectivity index (χ1v) is 8.63. The number of alkyl halides is 2. The largest absolute Gasteiger partial charge is 0.487 e. The lowest BCUT2D eigenvalue weighted by Crippen LogP contribution is -2.09. The number of nitrogens with one attached hydrogen (secondary N) is 2. The zero-order chi connectivity index (χ0) is 19.8. The lowest BCUT2D eigenvalue weighted by atomic mass is 10.0. The normalized spacial score (nSPS) is 15.0. The summed E-state index contributed by atoms with van der Waals surface area (Å²) in [5.41, 5.74) is 1.23. The number of ether oxygens (including phenoxy) is 2. The SMILES string of the molecule is C=CC(O)c1c(-c2ccc(OC(F)F)c(OC3CC3)c2)[nH]c2cn[nH]c(=O)c12. The van der Waals surface area contributed by atoms with Crippen molar-refractivity contribution in [1.29, 1.82) is 0 Å². The Morgan fingerprint density at radius 3 is 2.79 bits per heavy atom. The smallest absolute Gasteiger partial charge is 0.387 e. The Bertz CT molecular complexity index is 1090. The van der Waals surface area contributed by atoms with Crippen molar-refractivity contribution in [3.63, 3.8) is 0 Å². The lowest BCUT2D eigenvalue weighted by Gasteiger charge is -2.14. The summed E-state index contributed by atoms with van der Waals surface area (Å²) in [5, 5.41) is 16.7. The molecule has 1 unspecified atom stereocenters. The molecular formula is C19H17F2N3O4. The second kappa shape index (κ2) is 7.08. The zero-order valence-electron chi connectivity index (χ0n) is 14.6. The molecule has 1 aliphatic rings. The van der Waals surface area contributed by atoms with Gasteiger partial charge in [-0.25, -0.2) is 5.10 Å². The van der Waals surface area contributed by atoms with E-state index in [9.17, 15) is 18.7 Å². The molecule has 1 aromatic carbocycles. The van der Waals surface area contributed by atoms with Gasteiger partial charge in [-0.1, -0.05) is 6.08 Å². The van der Waals surface area contributed by atoms with E-state index >= 15 is 0 Å². The van der Waals surface area contributed by atoms with Crippen LogP contribution < -0.4 is 15.0 Å². The monoisotopic (exact) mass is 389 g/mol. The molecule has 9 heteroatoms. The van der Waals surface area contributed by atoms with Crippen molar-refractivity contribution >= 4 is 10.9 Å². The minimum Gasteiger partial charge on any atom is -0.487 e. The first-order chi connectivity index (χ1) is 13.5. The van der Waals surface area contributed by atoms with E-state index < -0.39 is 18.3 Å². The maximum atomic E-state index is 12.7. The molecule has 2 heterocycles. The molecule has 1 fully saturated rings. The van der Waals surface area contributed by atoms with Crippen LogP contribution in [0.25, 0.3) is 22.2 Å². The summed E-state index contributed by atoms with van der Waals surface area (Å²) >= 11 is 0. The van der Waals surface area contributed by atoms with Gasteiger partial charge in [0.05, 0.1) is 35.0 Å². The highest BCUT2D eigenvalue weighted by molar-refractivity contribution is 5.90. The van der Waals surface area contributed by atoms with Gasteiger partial charge in [-0.3, -0.25) is 4.79 Å². The third-order valence-electron chi connectivity index (χ3n) is 4.44. The second-order valence-corrected chi connectivity index (χ2v) is 6.44. The van der Waals surface area contributed by atoms with Crippen LogP contribution in [-0.2, 0) is 0 Å². The minimum atomic E-state index is -2.98. The van der Waals surface area contributed by atoms with Gasteiger partial charge < -0.3 is 19.6 Å². The van der Waals surface area contributed by atoms with Crippen molar-refractivity contribution in [3.05, 3.63) is 53.0 Å². The van der Waals surface area contributed by atoms with E-state index in [4.69, 9.17) is 4.74 Å². The Morgan fingerprint density at radius 1 is 1.32 bits per heavy atom. The fourth-order valence-corrected chi connectivity index (χ4v) is 3.04. The van der Waals surface area contributed by atoms with Crippen molar-refractivity contribution in [2.45, 2.75) is 31.7 Å². The van der Waals surface area contributed by atoms with Gasteiger partial charge in [0.1, 0.15) is 0 Å². The molecule has 0 bridgehead atoms. The number of nitrogens with zero attached hydrogens (tertiary/aromatic N) is 1. The topological polar surface area (TPSA) is 100 Å². The summed E-state index contributed by atoms with van der Waals surface area (Å²) < 4.78 is 35.7. The van der Waals surface area contributed by atoms with E-state index in [-0.39, 0.29) is 23.0 Å². The molecule has 7 nitrogen and oxygen atoms in total. The van der Waals surface area contributed by atoms with E-state index in [1.807, 2.05) is 0 Å². The van der Waals surface area contributed by atoms with Crippen LogP contribution >= 0.6 is 0 Å². The molecule has 0 amide bonds. The Balaban J connectivity index is 1.88. The number of aromatic nitrogens is 3. The number of hydrogen-bond donors (Lipinski definition) is 3. The van der Waals surface area contributed by atoms with Gasteiger partial charge in [0, 0.05) is 11.1 Å². The van der Waals surface area contributed by atoms with Crippen LogP contribution in [0.15, 0.2) is 41.8 Å². The van der Waals surface area contributed by atoms with Crippen LogP contribution in [0.2, 0.25) is 0 Å². The van der Waals surface area contributed by atoms with E-state index in [1.165, 1.54) is 18.3 Å². The summed E-state index contributed by atoms with van der Waals surface area (Å²) in [4.78, 5) is 15.3. The predicted molar refractivity (Wildman–Crippen MR) is 97.6 cm³/mol. The van der Waals surface area contributed by atoms with Crippen molar-refractivity contribution in [1.82, 2.24) is 15.2 Å². The van der Waals surface area contributed by atoms with Gasteiger partial charge in [0.2, 0.25) is 0 Å². The standard InChI is InChI=1S/C19H17F2N3O4/c1-2-12(25)16-15-11(8-22-24-18(15)26)23-17(16)9-3-6-13(28-19(20)21)14(7-9)27-10-4-5-10/h2-3,6-8,10,12,19,23,25H,1,4-5H2,(H,24,26). The number of fused-ring (bicyclic) bond motifs is 1. The third kappa shape index (κ3) is 3.36. The number of aromatic amines is 2. The minimum absolute atomic E-state index is 0.0386. The van der Waals surface area contributed by atoms with Crippen molar-refractivity contribution in [2.75, 3.05) is 0 Å². The Labute approximate surface area is 157 Å². The zero-order valence-corrected chi connectivity index (χ0v) is 14.6. The number of benzene rings is 1. The molecule has 1 atom stereocenters. The fraction of sp³-hybridized carbons (Fsp3) is 0.263. The summed E-state index contributed by atoms with van der Waals surface area (Å²) in [5.74, 6) is 0.0946. The van der Waals surface area contributed by atoms with Gasteiger partial charge in [-0.2, -0.15) is 13.9 Å². The van der Waals surface area contributed by atoms with Crippen LogP contribution in [0.3, 0.4) is 0 Å². The third-order valence-corrected chi connectivity index (χ3v) is 4.44. The maximum Gasteiger partial charge on any atom is 0.387 e. The molecule has 1 saturated carbocycles.